The Morgan fingerprint density at radius 3 is 2.66 bits per heavy atom. The summed E-state index contributed by atoms with van der Waals surface area (Å²) < 4.78 is 5.44. The van der Waals surface area contributed by atoms with Gasteiger partial charge in [-0.3, -0.25) is 4.79 Å². The van der Waals surface area contributed by atoms with Crippen LogP contribution in [0.3, 0.4) is 0 Å². The van der Waals surface area contributed by atoms with Gasteiger partial charge in [0.1, 0.15) is 5.75 Å². The molecule has 0 saturated heterocycles. The van der Waals surface area contributed by atoms with E-state index in [4.69, 9.17) is 4.74 Å². The highest BCUT2D eigenvalue weighted by Gasteiger charge is 2.53. The molecule has 0 radical (unpaired) electrons. The third-order valence-electron chi connectivity index (χ3n) is 8.00. The SMILES string of the molecule is COc1ccc2c(c1)CC[C@@H]1[C@@H]2CC[C@@]2(C)C(=O)/C(=C/c3ccccc3)CC[C@@H]12. The van der Waals surface area contributed by atoms with Crippen LogP contribution in [0.4, 0.5) is 0 Å². The molecule has 0 aromatic heterocycles. The van der Waals surface area contributed by atoms with Gasteiger partial charge in [-0.2, -0.15) is 0 Å². The number of hydrogen-bond donors (Lipinski definition) is 0. The first-order valence-electron chi connectivity index (χ1n) is 11.1. The van der Waals surface area contributed by atoms with Gasteiger partial charge in [-0.15, -0.1) is 0 Å². The summed E-state index contributed by atoms with van der Waals surface area (Å²) in [4.78, 5) is 13.6. The smallest absolute Gasteiger partial charge is 0.165 e. The van der Waals surface area contributed by atoms with Crippen molar-refractivity contribution in [1.82, 2.24) is 0 Å². The summed E-state index contributed by atoms with van der Waals surface area (Å²) in [7, 11) is 1.74. The summed E-state index contributed by atoms with van der Waals surface area (Å²) in [6.45, 7) is 2.26. The minimum absolute atomic E-state index is 0.190. The van der Waals surface area contributed by atoms with Crippen molar-refractivity contribution in [2.24, 2.45) is 17.3 Å². The highest BCUT2D eigenvalue weighted by atomic mass is 16.5. The number of methoxy groups -OCH3 is 1. The van der Waals surface area contributed by atoms with Crippen LogP contribution in [-0.2, 0) is 11.2 Å². The molecule has 4 atom stereocenters. The summed E-state index contributed by atoms with van der Waals surface area (Å²) >= 11 is 0. The molecule has 2 aromatic rings. The van der Waals surface area contributed by atoms with Gasteiger partial charge in [-0.05, 0) is 96.8 Å². The average molecular weight is 387 g/mol. The zero-order valence-electron chi connectivity index (χ0n) is 17.5. The second-order valence-corrected chi connectivity index (χ2v) is 9.38. The summed E-state index contributed by atoms with van der Waals surface area (Å²) in [6, 6.07) is 16.9. The highest BCUT2D eigenvalue weighted by molar-refractivity contribution is 6.04. The number of carbonyl (C=O) groups is 1. The van der Waals surface area contributed by atoms with Crippen molar-refractivity contribution < 1.29 is 9.53 Å². The van der Waals surface area contributed by atoms with Crippen LogP contribution < -0.4 is 4.74 Å². The molecule has 3 aliphatic carbocycles. The molecular weight excluding hydrogens is 356 g/mol. The van der Waals surface area contributed by atoms with Gasteiger partial charge in [0.25, 0.3) is 0 Å². The molecule has 3 aliphatic rings. The Bertz CT molecular complexity index is 958. The molecule has 0 amide bonds. The summed E-state index contributed by atoms with van der Waals surface area (Å²) in [6.07, 6.45) is 8.66. The molecule has 0 bridgehead atoms. The fourth-order valence-electron chi connectivity index (χ4n) is 6.50. The molecule has 0 unspecified atom stereocenters. The second kappa shape index (κ2) is 7.16. The number of ketones is 1. The van der Waals surface area contributed by atoms with Crippen molar-refractivity contribution >= 4 is 11.9 Å². The summed E-state index contributed by atoms with van der Waals surface area (Å²) in [5, 5.41) is 0. The van der Waals surface area contributed by atoms with E-state index in [1.807, 2.05) is 18.2 Å². The maximum atomic E-state index is 13.6. The van der Waals surface area contributed by atoms with Crippen LogP contribution in [0.5, 0.6) is 5.75 Å². The predicted molar refractivity (Wildman–Crippen MR) is 117 cm³/mol. The third-order valence-corrected chi connectivity index (χ3v) is 8.00. The molecule has 2 saturated carbocycles. The van der Waals surface area contributed by atoms with Crippen molar-refractivity contribution in [3.05, 3.63) is 70.8 Å². The van der Waals surface area contributed by atoms with E-state index >= 15 is 0 Å². The Balaban J connectivity index is 1.44. The molecule has 2 aromatic carbocycles. The quantitative estimate of drug-likeness (QED) is 0.574. The van der Waals surface area contributed by atoms with Crippen LogP contribution in [0, 0.1) is 17.3 Å². The lowest BCUT2D eigenvalue weighted by molar-refractivity contribution is -0.134. The van der Waals surface area contributed by atoms with Gasteiger partial charge in [0.05, 0.1) is 7.11 Å². The molecule has 0 aliphatic heterocycles. The highest BCUT2D eigenvalue weighted by Crippen LogP contribution is 2.59. The number of rotatable bonds is 2. The minimum atomic E-state index is -0.190. The van der Waals surface area contributed by atoms with Crippen LogP contribution in [0.2, 0.25) is 0 Å². The minimum Gasteiger partial charge on any atom is -0.497 e. The molecule has 2 fully saturated rings. The van der Waals surface area contributed by atoms with Crippen molar-refractivity contribution in [3.8, 4) is 5.75 Å². The molecule has 0 heterocycles. The number of allylic oxidation sites excluding steroid dienone is 1. The Labute approximate surface area is 174 Å². The molecule has 2 heteroatoms. The standard InChI is InChI=1S/C27H30O2/c1-27-15-14-23-22-12-10-21(29-2)17-19(22)8-11-24(23)25(27)13-9-20(26(27)28)16-18-6-4-3-5-7-18/h3-7,10,12,16-17,23-25H,8-9,11,13-15H2,1-2H3/b20-16+/t23-,24-,25+,27-/m1/s1. The molecule has 0 spiro atoms. The van der Waals surface area contributed by atoms with Gasteiger partial charge < -0.3 is 4.74 Å². The van der Waals surface area contributed by atoms with E-state index in [-0.39, 0.29) is 5.41 Å². The van der Waals surface area contributed by atoms with Crippen LogP contribution in [0.15, 0.2) is 54.1 Å². The van der Waals surface area contributed by atoms with E-state index in [1.54, 1.807) is 7.11 Å². The number of fused-ring (bicyclic) bond motifs is 5. The van der Waals surface area contributed by atoms with Crippen LogP contribution >= 0.6 is 0 Å². The number of carbonyl (C=O) groups excluding carboxylic acids is 1. The lowest BCUT2D eigenvalue weighted by Crippen LogP contribution is -2.49. The molecule has 150 valence electrons. The third kappa shape index (κ3) is 3.04. The van der Waals surface area contributed by atoms with Crippen molar-refractivity contribution in [1.29, 1.82) is 0 Å². The fraction of sp³-hybridized carbons (Fsp3) is 0.444. The van der Waals surface area contributed by atoms with E-state index in [9.17, 15) is 4.79 Å². The summed E-state index contributed by atoms with van der Waals surface area (Å²) in [5.41, 5.74) is 4.97. The normalized spacial score (nSPS) is 32.3. The lowest BCUT2D eigenvalue weighted by Gasteiger charge is -2.53. The number of benzene rings is 2. The van der Waals surface area contributed by atoms with Crippen LogP contribution in [0.1, 0.15) is 61.6 Å². The van der Waals surface area contributed by atoms with Gasteiger partial charge in [0.15, 0.2) is 5.78 Å². The Morgan fingerprint density at radius 1 is 1.03 bits per heavy atom. The topological polar surface area (TPSA) is 26.3 Å². The maximum absolute atomic E-state index is 13.6. The molecular formula is C27H30O2. The Morgan fingerprint density at radius 2 is 1.86 bits per heavy atom. The largest absolute Gasteiger partial charge is 0.497 e. The lowest BCUT2D eigenvalue weighted by atomic mass is 9.50. The van der Waals surface area contributed by atoms with Crippen LogP contribution in [0.25, 0.3) is 6.08 Å². The van der Waals surface area contributed by atoms with Crippen molar-refractivity contribution in [2.75, 3.05) is 7.11 Å². The number of ether oxygens (including phenoxy) is 1. The fourth-order valence-corrected chi connectivity index (χ4v) is 6.50. The molecule has 5 rings (SSSR count). The average Bonchev–Trinajstić information content (AvgIpc) is 2.76. The van der Waals surface area contributed by atoms with Gasteiger partial charge in [0, 0.05) is 5.41 Å². The first kappa shape index (κ1) is 18.7. The monoisotopic (exact) mass is 386 g/mol. The molecule has 29 heavy (non-hydrogen) atoms. The van der Waals surface area contributed by atoms with Gasteiger partial charge >= 0.3 is 0 Å². The van der Waals surface area contributed by atoms with E-state index in [2.05, 4.69) is 43.3 Å². The zero-order valence-corrected chi connectivity index (χ0v) is 17.5. The van der Waals surface area contributed by atoms with Crippen molar-refractivity contribution in [3.63, 3.8) is 0 Å². The van der Waals surface area contributed by atoms with Gasteiger partial charge in [0.2, 0.25) is 0 Å². The first-order valence-corrected chi connectivity index (χ1v) is 11.1. The Kier molecular flexibility index (Phi) is 4.61. The number of hydrogen-bond acceptors (Lipinski definition) is 2. The van der Waals surface area contributed by atoms with Gasteiger partial charge in [-0.25, -0.2) is 0 Å². The van der Waals surface area contributed by atoms with Crippen molar-refractivity contribution in [2.45, 2.75) is 51.4 Å². The second-order valence-electron chi connectivity index (χ2n) is 9.38. The molecule has 0 N–H and O–H groups in total. The zero-order chi connectivity index (χ0) is 20.0. The van der Waals surface area contributed by atoms with E-state index < -0.39 is 0 Å². The molecule has 2 nitrogen and oxygen atoms in total. The van der Waals surface area contributed by atoms with E-state index in [0.717, 1.165) is 49.0 Å². The van der Waals surface area contributed by atoms with E-state index in [1.165, 1.54) is 17.5 Å². The maximum Gasteiger partial charge on any atom is 0.165 e. The predicted octanol–water partition coefficient (Wildman–Crippen LogP) is 6.20. The number of aryl methyl sites for hydroxylation is 1. The summed E-state index contributed by atoms with van der Waals surface area (Å²) in [5.74, 6) is 3.13. The Hall–Kier alpha value is -2.35. The first-order chi connectivity index (χ1) is 14.1. The van der Waals surface area contributed by atoms with Gasteiger partial charge in [-0.1, -0.05) is 43.3 Å². The number of Topliss-reactive ketones (excluding diaryl/α,β-unsaturated/α-hetero) is 1. The van der Waals surface area contributed by atoms with Crippen LogP contribution in [-0.4, -0.2) is 12.9 Å². The van der Waals surface area contributed by atoms with E-state index in [0.29, 0.717) is 23.5 Å².